The van der Waals surface area contributed by atoms with Gasteiger partial charge in [0.15, 0.2) is 0 Å². The molecule has 1 N–H and O–H groups in total. The Labute approximate surface area is 134 Å². The number of para-hydroxylation sites is 1. The van der Waals surface area contributed by atoms with E-state index in [1.165, 1.54) is 12.5 Å². The van der Waals surface area contributed by atoms with Crippen molar-refractivity contribution >= 4 is 23.4 Å². The van der Waals surface area contributed by atoms with E-state index in [9.17, 15) is 9.59 Å². The van der Waals surface area contributed by atoms with Gasteiger partial charge in [0.1, 0.15) is 5.75 Å². The Kier molecular flexibility index (Phi) is 4.02. The fourth-order valence-corrected chi connectivity index (χ4v) is 2.86. The topological polar surface area (TPSA) is 58.6 Å². The van der Waals surface area contributed by atoms with Gasteiger partial charge in [0, 0.05) is 30.4 Å². The maximum atomic E-state index is 12.6. The van der Waals surface area contributed by atoms with Gasteiger partial charge < -0.3 is 10.1 Å². The summed E-state index contributed by atoms with van der Waals surface area (Å²) in [6.07, 6.45) is 0.844. The largest absolute Gasteiger partial charge is 0.427 e. The lowest BCUT2D eigenvalue weighted by atomic mass is 10.1. The Morgan fingerprint density at radius 3 is 2.74 bits per heavy atom. The molecule has 1 aliphatic heterocycles. The number of hydrogen-bond donors (Lipinski definition) is 1. The van der Waals surface area contributed by atoms with Gasteiger partial charge in [-0.1, -0.05) is 24.3 Å². The molecular formula is C18H18N2O3. The summed E-state index contributed by atoms with van der Waals surface area (Å²) in [6.45, 7) is 3.36. The molecule has 1 aliphatic rings. The van der Waals surface area contributed by atoms with Crippen LogP contribution in [0.2, 0.25) is 0 Å². The number of nitrogens with one attached hydrogen (secondary N) is 1. The molecule has 2 aromatic carbocycles. The van der Waals surface area contributed by atoms with Gasteiger partial charge >= 0.3 is 12.0 Å². The number of amides is 2. The maximum absolute atomic E-state index is 12.6. The van der Waals surface area contributed by atoms with Crippen LogP contribution in [0, 0.1) is 0 Å². The first-order chi connectivity index (χ1) is 11.0. The Morgan fingerprint density at radius 1 is 1.17 bits per heavy atom. The highest BCUT2D eigenvalue weighted by molar-refractivity contribution is 6.03. The highest BCUT2D eigenvalue weighted by atomic mass is 16.5. The van der Waals surface area contributed by atoms with Crippen molar-refractivity contribution < 1.29 is 14.3 Å². The average Bonchev–Trinajstić information content (AvgIpc) is 2.82. The molecule has 0 radical (unpaired) electrons. The molecule has 1 unspecified atom stereocenters. The second-order valence-corrected chi connectivity index (χ2v) is 5.60. The summed E-state index contributed by atoms with van der Waals surface area (Å²) >= 11 is 0. The minimum Gasteiger partial charge on any atom is -0.427 e. The number of urea groups is 1. The molecule has 0 fully saturated rings. The fraction of sp³-hybridized carbons (Fsp3) is 0.222. The average molecular weight is 310 g/mol. The zero-order chi connectivity index (χ0) is 16.4. The van der Waals surface area contributed by atoms with Crippen molar-refractivity contribution in [2.24, 2.45) is 0 Å². The van der Waals surface area contributed by atoms with Crippen LogP contribution < -0.4 is 15.0 Å². The molecular weight excluding hydrogens is 292 g/mol. The van der Waals surface area contributed by atoms with Crippen molar-refractivity contribution in [3.05, 3.63) is 54.1 Å². The van der Waals surface area contributed by atoms with E-state index in [2.05, 4.69) is 5.32 Å². The van der Waals surface area contributed by atoms with Gasteiger partial charge in [0.25, 0.3) is 0 Å². The molecule has 1 heterocycles. The lowest BCUT2D eigenvalue weighted by Crippen LogP contribution is -2.39. The van der Waals surface area contributed by atoms with E-state index in [4.69, 9.17) is 4.74 Å². The van der Waals surface area contributed by atoms with E-state index < -0.39 is 5.97 Å². The normalized spacial score (nSPS) is 15.9. The fourth-order valence-electron chi connectivity index (χ4n) is 2.86. The summed E-state index contributed by atoms with van der Waals surface area (Å²) in [5.41, 5.74) is 2.70. The summed E-state index contributed by atoms with van der Waals surface area (Å²) in [6, 6.07) is 14.6. The Morgan fingerprint density at radius 2 is 1.96 bits per heavy atom. The van der Waals surface area contributed by atoms with Crippen LogP contribution in [0.15, 0.2) is 48.5 Å². The summed E-state index contributed by atoms with van der Waals surface area (Å²) in [7, 11) is 0. The number of rotatable bonds is 2. The van der Waals surface area contributed by atoms with E-state index in [0.29, 0.717) is 11.4 Å². The zero-order valence-corrected chi connectivity index (χ0v) is 13.1. The molecule has 0 saturated heterocycles. The third kappa shape index (κ3) is 3.18. The molecule has 2 aromatic rings. The monoisotopic (exact) mass is 310 g/mol. The molecule has 23 heavy (non-hydrogen) atoms. The third-order valence-electron chi connectivity index (χ3n) is 3.77. The van der Waals surface area contributed by atoms with Gasteiger partial charge in [-0.2, -0.15) is 0 Å². The number of fused-ring (bicyclic) bond motifs is 1. The molecule has 5 heteroatoms. The standard InChI is InChI=1S/C18H18N2O3/c1-12-10-14-6-3-4-9-17(14)20(12)18(22)19-15-7-5-8-16(11-15)23-13(2)21/h3-9,11-12H,10H2,1-2H3,(H,19,22). The van der Waals surface area contributed by atoms with Crippen molar-refractivity contribution in [3.8, 4) is 5.75 Å². The van der Waals surface area contributed by atoms with Crippen molar-refractivity contribution in [1.82, 2.24) is 0 Å². The zero-order valence-electron chi connectivity index (χ0n) is 13.1. The first-order valence-corrected chi connectivity index (χ1v) is 7.51. The highest BCUT2D eigenvalue weighted by Crippen LogP contribution is 2.32. The third-order valence-corrected chi connectivity index (χ3v) is 3.77. The molecule has 0 aromatic heterocycles. The molecule has 0 aliphatic carbocycles. The van der Waals surface area contributed by atoms with Gasteiger partial charge in [-0.05, 0) is 37.1 Å². The number of benzene rings is 2. The number of anilines is 2. The van der Waals surface area contributed by atoms with Crippen LogP contribution in [-0.2, 0) is 11.2 Å². The summed E-state index contributed by atoms with van der Waals surface area (Å²) in [4.78, 5) is 25.4. The van der Waals surface area contributed by atoms with Crippen LogP contribution in [-0.4, -0.2) is 18.0 Å². The SMILES string of the molecule is CC(=O)Oc1cccc(NC(=O)N2c3ccccc3CC2C)c1. The van der Waals surface area contributed by atoms with Gasteiger partial charge in [-0.15, -0.1) is 0 Å². The van der Waals surface area contributed by atoms with Crippen molar-refractivity contribution in [3.63, 3.8) is 0 Å². The molecule has 0 saturated carbocycles. The molecule has 118 valence electrons. The van der Waals surface area contributed by atoms with E-state index in [1.807, 2.05) is 31.2 Å². The Bertz CT molecular complexity index is 757. The van der Waals surface area contributed by atoms with Gasteiger partial charge in [0.2, 0.25) is 0 Å². The van der Waals surface area contributed by atoms with Crippen LogP contribution in [0.5, 0.6) is 5.75 Å². The lowest BCUT2D eigenvalue weighted by molar-refractivity contribution is -0.131. The quantitative estimate of drug-likeness (QED) is 0.681. The highest BCUT2D eigenvalue weighted by Gasteiger charge is 2.30. The van der Waals surface area contributed by atoms with Gasteiger partial charge in [0.05, 0.1) is 0 Å². The molecule has 1 atom stereocenters. The van der Waals surface area contributed by atoms with E-state index >= 15 is 0 Å². The molecule has 0 spiro atoms. The summed E-state index contributed by atoms with van der Waals surface area (Å²) < 4.78 is 5.04. The number of nitrogens with zero attached hydrogens (tertiary/aromatic N) is 1. The van der Waals surface area contributed by atoms with Crippen molar-refractivity contribution in [2.75, 3.05) is 10.2 Å². The van der Waals surface area contributed by atoms with E-state index in [0.717, 1.165) is 12.1 Å². The minimum absolute atomic E-state index is 0.101. The first kappa shape index (κ1) is 15.1. The number of carbonyl (C=O) groups is 2. The Balaban J connectivity index is 1.78. The Hall–Kier alpha value is -2.82. The second-order valence-electron chi connectivity index (χ2n) is 5.60. The minimum atomic E-state index is -0.393. The maximum Gasteiger partial charge on any atom is 0.326 e. The predicted molar refractivity (Wildman–Crippen MR) is 88.9 cm³/mol. The van der Waals surface area contributed by atoms with E-state index in [1.54, 1.807) is 29.2 Å². The summed E-state index contributed by atoms with van der Waals surface area (Å²) in [5.74, 6) is 0.0146. The van der Waals surface area contributed by atoms with Gasteiger partial charge in [-0.25, -0.2) is 4.79 Å². The van der Waals surface area contributed by atoms with Crippen molar-refractivity contribution in [2.45, 2.75) is 26.3 Å². The van der Waals surface area contributed by atoms with Crippen LogP contribution >= 0.6 is 0 Å². The number of esters is 1. The number of carbonyl (C=O) groups excluding carboxylic acids is 2. The number of ether oxygens (including phenoxy) is 1. The van der Waals surface area contributed by atoms with Crippen LogP contribution in [0.3, 0.4) is 0 Å². The predicted octanol–water partition coefficient (Wildman–Crippen LogP) is 3.60. The summed E-state index contributed by atoms with van der Waals surface area (Å²) in [5, 5.41) is 2.86. The smallest absolute Gasteiger partial charge is 0.326 e. The molecule has 2 amide bonds. The van der Waals surface area contributed by atoms with Crippen LogP contribution in [0.1, 0.15) is 19.4 Å². The lowest BCUT2D eigenvalue weighted by Gasteiger charge is -2.23. The van der Waals surface area contributed by atoms with Gasteiger partial charge in [-0.3, -0.25) is 9.69 Å². The number of hydrogen-bond acceptors (Lipinski definition) is 3. The van der Waals surface area contributed by atoms with E-state index in [-0.39, 0.29) is 12.1 Å². The molecule has 3 rings (SSSR count). The van der Waals surface area contributed by atoms with Crippen LogP contribution in [0.25, 0.3) is 0 Å². The molecule has 5 nitrogen and oxygen atoms in total. The van der Waals surface area contributed by atoms with Crippen LogP contribution in [0.4, 0.5) is 16.2 Å². The molecule has 0 bridgehead atoms. The first-order valence-electron chi connectivity index (χ1n) is 7.51. The second kappa shape index (κ2) is 6.12. The van der Waals surface area contributed by atoms with Crippen molar-refractivity contribution in [1.29, 1.82) is 0 Å².